The van der Waals surface area contributed by atoms with Crippen molar-refractivity contribution in [3.63, 3.8) is 0 Å². The first-order chi connectivity index (χ1) is 13.8. The molecule has 0 amide bonds. The molecule has 0 aliphatic carbocycles. The van der Waals surface area contributed by atoms with Gasteiger partial charge in [-0.05, 0) is 44.8 Å². The zero-order chi connectivity index (χ0) is 21.2. The lowest BCUT2D eigenvalue weighted by molar-refractivity contribution is 0.164. The van der Waals surface area contributed by atoms with Gasteiger partial charge in [-0.15, -0.1) is 0 Å². The lowest BCUT2D eigenvalue weighted by Gasteiger charge is -2.32. The van der Waals surface area contributed by atoms with Crippen molar-refractivity contribution >= 4 is 15.7 Å². The van der Waals surface area contributed by atoms with E-state index in [1.54, 1.807) is 25.3 Å². The minimum Gasteiger partial charge on any atom is -0.496 e. The molecule has 0 radical (unpaired) electrons. The van der Waals surface area contributed by atoms with Crippen LogP contribution in [-0.2, 0) is 16.4 Å². The van der Waals surface area contributed by atoms with Gasteiger partial charge in [0, 0.05) is 17.7 Å². The maximum Gasteiger partial charge on any atom is 0.262 e. The van der Waals surface area contributed by atoms with Gasteiger partial charge in [0.1, 0.15) is 18.1 Å². The van der Waals surface area contributed by atoms with Gasteiger partial charge < -0.3 is 23.8 Å². The summed E-state index contributed by atoms with van der Waals surface area (Å²) >= 11 is 0. The predicted octanol–water partition coefficient (Wildman–Crippen LogP) is 2.38. The monoisotopic (exact) mass is 422 g/mol. The topological polar surface area (TPSA) is 86.3 Å². The largest absolute Gasteiger partial charge is 0.496 e. The summed E-state index contributed by atoms with van der Waals surface area (Å²) in [5.74, 6) is 1.94. The van der Waals surface area contributed by atoms with Gasteiger partial charge in [-0.1, -0.05) is 0 Å². The van der Waals surface area contributed by atoms with Crippen LogP contribution < -0.4 is 23.7 Å². The maximum atomic E-state index is 13.0. The zero-order valence-corrected chi connectivity index (χ0v) is 18.0. The molecule has 9 heteroatoms. The number of ether oxygens (including phenoxy) is 4. The summed E-state index contributed by atoms with van der Waals surface area (Å²) in [6, 6.07) is 7.99. The van der Waals surface area contributed by atoms with Crippen LogP contribution in [0.25, 0.3) is 0 Å². The molecule has 1 heterocycles. The van der Waals surface area contributed by atoms with E-state index < -0.39 is 10.0 Å². The fourth-order valence-corrected chi connectivity index (χ4v) is 4.31. The van der Waals surface area contributed by atoms with E-state index in [4.69, 9.17) is 18.9 Å². The highest BCUT2D eigenvalue weighted by molar-refractivity contribution is 7.92. The van der Waals surface area contributed by atoms with Crippen molar-refractivity contribution in [2.45, 2.75) is 17.4 Å². The predicted molar refractivity (Wildman–Crippen MR) is 110 cm³/mol. The van der Waals surface area contributed by atoms with Crippen molar-refractivity contribution in [3.8, 4) is 23.0 Å². The molecule has 158 valence electrons. The van der Waals surface area contributed by atoms with Crippen LogP contribution in [0, 0.1) is 0 Å². The van der Waals surface area contributed by atoms with Crippen LogP contribution in [0.2, 0.25) is 0 Å². The minimum atomic E-state index is -3.87. The molecule has 0 fully saturated rings. The summed E-state index contributed by atoms with van der Waals surface area (Å²) in [4.78, 5) is 2.13. The van der Waals surface area contributed by atoms with Crippen molar-refractivity contribution in [1.82, 2.24) is 4.90 Å². The standard InChI is InChI=1S/C20H26N2O6S/c1-22(2)13-10-15-17(25-3)9-7-16(20(15)28-12-13)21-29(23,24)14-6-8-18(26-4)19(11-14)27-5/h6-9,11,13,21H,10,12H2,1-5H3/t13-/m1/s1. The normalized spacial score (nSPS) is 16.0. The molecule has 1 N–H and O–H groups in total. The average molecular weight is 423 g/mol. The van der Waals surface area contributed by atoms with Crippen molar-refractivity contribution in [2.24, 2.45) is 0 Å². The molecule has 0 saturated carbocycles. The minimum absolute atomic E-state index is 0.0571. The molecule has 2 aromatic rings. The molecule has 2 aromatic carbocycles. The Kier molecular flexibility index (Phi) is 6.09. The van der Waals surface area contributed by atoms with Gasteiger partial charge in [0.25, 0.3) is 10.0 Å². The summed E-state index contributed by atoms with van der Waals surface area (Å²) in [5, 5.41) is 0. The van der Waals surface area contributed by atoms with Crippen molar-refractivity contribution in [2.75, 3.05) is 46.8 Å². The molecule has 3 rings (SSSR count). The number of sulfonamides is 1. The number of anilines is 1. The molecule has 8 nitrogen and oxygen atoms in total. The summed E-state index contributed by atoms with van der Waals surface area (Å²) in [7, 11) is 4.62. The Balaban J connectivity index is 1.97. The van der Waals surface area contributed by atoms with Crippen LogP contribution in [0.15, 0.2) is 35.2 Å². The van der Waals surface area contributed by atoms with E-state index in [-0.39, 0.29) is 10.9 Å². The molecule has 0 saturated heterocycles. The lowest BCUT2D eigenvalue weighted by atomic mass is 10.00. The highest BCUT2D eigenvalue weighted by Gasteiger charge is 2.28. The number of rotatable bonds is 7. The molecule has 0 unspecified atom stereocenters. The smallest absolute Gasteiger partial charge is 0.262 e. The van der Waals surface area contributed by atoms with Gasteiger partial charge in [-0.2, -0.15) is 0 Å². The first-order valence-electron chi connectivity index (χ1n) is 9.04. The second-order valence-electron chi connectivity index (χ2n) is 6.88. The van der Waals surface area contributed by atoms with E-state index in [0.717, 1.165) is 5.56 Å². The third-order valence-electron chi connectivity index (χ3n) is 4.94. The van der Waals surface area contributed by atoms with Gasteiger partial charge in [-0.3, -0.25) is 4.72 Å². The number of nitrogens with zero attached hydrogens (tertiary/aromatic N) is 1. The number of benzene rings is 2. The summed E-state index contributed by atoms with van der Waals surface area (Å²) in [5.41, 5.74) is 1.21. The van der Waals surface area contributed by atoms with E-state index in [9.17, 15) is 8.42 Å². The zero-order valence-electron chi connectivity index (χ0n) is 17.2. The van der Waals surface area contributed by atoms with Gasteiger partial charge in [0.15, 0.2) is 11.5 Å². The van der Waals surface area contributed by atoms with Crippen LogP contribution in [-0.4, -0.2) is 61.4 Å². The third kappa shape index (κ3) is 4.20. The van der Waals surface area contributed by atoms with Gasteiger partial charge in [-0.25, -0.2) is 8.42 Å². The van der Waals surface area contributed by atoms with Crippen LogP contribution in [0.4, 0.5) is 5.69 Å². The number of hydrogen-bond acceptors (Lipinski definition) is 7. The molecule has 0 bridgehead atoms. The fraction of sp³-hybridized carbons (Fsp3) is 0.400. The lowest BCUT2D eigenvalue weighted by Crippen LogP contribution is -2.38. The Morgan fingerprint density at radius 3 is 2.28 bits per heavy atom. The van der Waals surface area contributed by atoms with Gasteiger partial charge >= 0.3 is 0 Å². The summed E-state index contributed by atoms with van der Waals surface area (Å²) < 4.78 is 50.4. The summed E-state index contributed by atoms with van der Waals surface area (Å²) in [6.07, 6.45) is 0.692. The van der Waals surface area contributed by atoms with Crippen molar-refractivity contribution < 1.29 is 27.4 Å². The Hall–Kier alpha value is -2.65. The van der Waals surface area contributed by atoms with E-state index >= 15 is 0 Å². The van der Waals surface area contributed by atoms with Gasteiger partial charge in [0.2, 0.25) is 0 Å². The average Bonchev–Trinajstić information content (AvgIpc) is 2.72. The summed E-state index contributed by atoms with van der Waals surface area (Å²) in [6.45, 7) is 0.457. The second kappa shape index (κ2) is 8.38. The first-order valence-corrected chi connectivity index (χ1v) is 10.5. The molecule has 1 aliphatic rings. The highest BCUT2D eigenvalue weighted by atomic mass is 32.2. The first kappa shape index (κ1) is 21.1. The van der Waals surface area contributed by atoms with E-state index in [1.807, 2.05) is 14.1 Å². The molecule has 1 atom stereocenters. The van der Waals surface area contributed by atoms with Crippen molar-refractivity contribution in [1.29, 1.82) is 0 Å². The number of likely N-dealkylation sites (N-methyl/N-ethyl adjacent to an activating group) is 1. The Morgan fingerprint density at radius 1 is 1.00 bits per heavy atom. The maximum absolute atomic E-state index is 13.0. The molecular formula is C20H26N2O6S. The molecule has 0 aromatic heterocycles. The Morgan fingerprint density at radius 2 is 1.66 bits per heavy atom. The van der Waals surface area contributed by atoms with Crippen LogP contribution >= 0.6 is 0 Å². The number of fused-ring (bicyclic) bond motifs is 1. The third-order valence-corrected chi connectivity index (χ3v) is 6.30. The Bertz CT molecular complexity index is 991. The molecule has 0 spiro atoms. The highest BCUT2D eigenvalue weighted by Crippen LogP contribution is 2.41. The van der Waals surface area contributed by atoms with Crippen molar-refractivity contribution in [3.05, 3.63) is 35.9 Å². The van der Waals surface area contributed by atoms with E-state index in [1.165, 1.54) is 26.4 Å². The van der Waals surface area contributed by atoms with Gasteiger partial charge in [0.05, 0.1) is 31.9 Å². The quantitative estimate of drug-likeness (QED) is 0.733. The van der Waals surface area contributed by atoms with E-state index in [0.29, 0.717) is 41.7 Å². The molecule has 1 aliphatic heterocycles. The number of hydrogen-bond donors (Lipinski definition) is 1. The fourth-order valence-electron chi connectivity index (χ4n) is 3.23. The molecular weight excluding hydrogens is 396 g/mol. The van der Waals surface area contributed by atoms with Crippen LogP contribution in [0.1, 0.15) is 5.56 Å². The van der Waals surface area contributed by atoms with Crippen LogP contribution in [0.3, 0.4) is 0 Å². The number of nitrogens with one attached hydrogen (secondary N) is 1. The Labute approximate surface area is 171 Å². The van der Waals surface area contributed by atoms with Crippen LogP contribution in [0.5, 0.6) is 23.0 Å². The molecule has 29 heavy (non-hydrogen) atoms. The second-order valence-corrected chi connectivity index (χ2v) is 8.56. The van der Waals surface area contributed by atoms with E-state index in [2.05, 4.69) is 9.62 Å². The number of methoxy groups -OCH3 is 3. The SMILES string of the molecule is COc1ccc(S(=O)(=O)Nc2ccc(OC)c3c2OC[C@H](N(C)C)C3)cc1OC.